The zero-order valence-corrected chi connectivity index (χ0v) is 17.8. The quantitative estimate of drug-likeness (QED) is 0.569. The first-order chi connectivity index (χ1) is 14.7. The number of carbonyl (C=O) groups excluding carboxylic acids is 1. The second-order valence-corrected chi connectivity index (χ2v) is 8.37. The van der Waals surface area contributed by atoms with Gasteiger partial charge < -0.3 is 10.1 Å². The SMILES string of the molecule is COc1ccc(-c2ccc(=O)n(C(C)C(=O)NCc3ccc(S(N)(=O)=O)cc3)n2)cc1. The molecule has 3 aromatic rings. The molecular weight excluding hydrogens is 420 g/mol. The molecule has 2 aromatic carbocycles. The van der Waals surface area contributed by atoms with Crippen molar-refractivity contribution in [2.45, 2.75) is 24.4 Å². The Morgan fingerprint density at radius 1 is 1.10 bits per heavy atom. The van der Waals surface area contributed by atoms with Crippen molar-refractivity contribution in [1.29, 1.82) is 0 Å². The van der Waals surface area contributed by atoms with Gasteiger partial charge in [0.2, 0.25) is 15.9 Å². The first-order valence-corrected chi connectivity index (χ1v) is 10.9. The van der Waals surface area contributed by atoms with E-state index in [-0.39, 0.29) is 11.4 Å². The van der Waals surface area contributed by atoms with Crippen LogP contribution in [0.5, 0.6) is 5.75 Å². The molecule has 0 radical (unpaired) electrons. The van der Waals surface area contributed by atoms with Crippen LogP contribution in [-0.4, -0.2) is 31.2 Å². The monoisotopic (exact) mass is 442 g/mol. The summed E-state index contributed by atoms with van der Waals surface area (Å²) in [7, 11) is -2.21. The standard InChI is InChI=1S/C21H22N4O5S/c1-14(21(27)23-13-15-3-9-18(10-4-15)31(22,28)29)25-20(26)12-11-19(24-25)16-5-7-17(30-2)8-6-16/h3-12,14H,13H2,1-2H3,(H,23,27)(H2,22,28,29). The number of sulfonamides is 1. The van der Waals surface area contributed by atoms with Gasteiger partial charge in [0.25, 0.3) is 5.56 Å². The van der Waals surface area contributed by atoms with Crippen LogP contribution in [0.15, 0.2) is 70.4 Å². The lowest BCUT2D eigenvalue weighted by atomic mass is 10.1. The molecule has 0 aliphatic rings. The van der Waals surface area contributed by atoms with Crippen molar-refractivity contribution in [3.05, 3.63) is 76.6 Å². The summed E-state index contributed by atoms with van der Waals surface area (Å²) >= 11 is 0. The molecule has 0 spiro atoms. The van der Waals surface area contributed by atoms with Gasteiger partial charge in [0.05, 0.1) is 17.7 Å². The van der Waals surface area contributed by atoms with Crippen molar-refractivity contribution < 1.29 is 17.9 Å². The fourth-order valence-corrected chi connectivity index (χ4v) is 3.38. The fourth-order valence-electron chi connectivity index (χ4n) is 2.86. The van der Waals surface area contributed by atoms with Crippen LogP contribution >= 0.6 is 0 Å². The largest absolute Gasteiger partial charge is 0.497 e. The van der Waals surface area contributed by atoms with Crippen LogP contribution in [0.3, 0.4) is 0 Å². The number of hydrogen-bond donors (Lipinski definition) is 2. The summed E-state index contributed by atoms with van der Waals surface area (Å²) in [5.41, 5.74) is 1.59. The second-order valence-electron chi connectivity index (χ2n) is 6.81. The maximum atomic E-state index is 12.6. The zero-order chi connectivity index (χ0) is 22.6. The average Bonchev–Trinajstić information content (AvgIpc) is 2.77. The summed E-state index contributed by atoms with van der Waals surface area (Å²) in [6.07, 6.45) is 0. The van der Waals surface area contributed by atoms with Crippen LogP contribution in [0.25, 0.3) is 11.3 Å². The number of benzene rings is 2. The maximum absolute atomic E-state index is 12.6. The number of nitrogens with zero attached hydrogens (tertiary/aromatic N) is 2. The van der Waals surface area contributed by atoms with Crippen molar-refractivity contribution in [2.75, 3.05) is 7.11 Å². The van der Waals surface area contributed by atoms with Crippen molar-refractivity contribution in [1.82, 2.24) is 15.1 Å². The average molecular weight is 442 g/mol. The lowest BCUT2D eigenvalue weighted by Gasteiger charge is -2.15. The predicted octanol–water partition coefficient (Wildman–Crippen LogP) is 1.44. The molecule has 0 saturated heterocycles. The second kappa shape index (κ2) is 9.11. The normalized spacial score (nSPS) is 12.2. The van der Waals surface area contributed by atoms with E-state index in [0.717, 1.165) is 10.2 Å². The smallest absolute Gasteiger partial charge is 0.267 e. The summed E-state index contributed by atoms with van der Waals surface area (Å²) in [6, 6.07) is 15.1. The third kappa shape index (κ3) is 5.36. The number of primary sulfonamides is 1. The molecule has 1 aromatic heterocycles. The maximum Gasteiger partial charge on any atom is 0.267 e. The van der Waals surface area contributed by atoms with Gasteiger partial charge in [-0.2, -0.15) is 5.10 Å². The Hall–Kier alpha value is -3.50. The first kappa shape index (κ1) is 22.2. The van der Waals surface area contributed by atoms with E-state index in [0.29, 0.717) is 17.0 Å². The molecule has 0 saturated carbocycles. The minimum absolute atomic E-state index is 0.0120. The highest BCUT2D eigenvalue weighted by Crippen LogP contribution is 2.20. The molecule has 1 unspecified atom stereocenters. The summed E-state index contributed by atoms with van der Waals surface area (Å²) in [6.45, 7) is 1.73. The number of hydrogen-bond acceptors (Lipinski definition) is 6. The van der Waals surface area contributed by atoms with Gasteiger partial charge in [-0.1, -0.05) is 12.1 Å². The molecule has 0 aliphatic carbocycles. The number of ether oxygens (including phenoxy) is 1. The minimum atomic E-state index is -3.78. The summed E-state index contributed by atoms with van der Waals surface area (Å²) in [5.74, 6) is 0.291. The third-order valence-electron chi connectivity index (χ3n) is 4.68. The molecule has 1 atom stereocenters. The molecule has 0 bridgehead atoms. The van der Waals surface area contributed by atoms with Crippen molar-refractivity contribution >= 4 is 15.9 Å². The van der Waals surface area contributed by atoms with E-state index >= 15 is 0 Å². The number of aromatic nitrogens is 2. The van der Waals surface area contributed by atoms with Crippen LogP contribution in [-0.2, 0) is 21.4 Å². The van der Waals surface area contributed by atoms with Crippen molar-refractivity contribution in [2.24, 2.45) is 5.14 Å². The van der Waals surface area contributed by atoms with Gasteiger partial charge in [0.1, 0.15) is 11.8 Å². The van der Waals surface area contributed by atoms with E-state index in [1.165, 1.54) is 18.2 Å². The Bertz CT molecular complexity index is 1240. The van der Waals surface area contributed by atoms with E-state index in [1.807, 2.05) is 12.1 Å². The van der Waals surface area contributed by atoms with Gasteiger partial charge in [-0.3, -0.25) is 9.59 Å². The topological polar surface area (TPSA) is 133 Å². The van der Waals surface area contributed by atoms with Crippen LogP contribution < -0.4 is 20.8 Å². The number of methoxy groups -OCH3 is 1. The molecule has 31 heavy (non-hydrogen) atoms. The fraction of sp³-hybridized carbons (Fsp3) is 0.190. The Morgan fingerprint density at radius 2 is 1.74 bits per heavy atom. The summed E-state index contributed by atoms with van der Waals surface area (Å²) in [5, 5.41) is 12.1. The lowest BCUT2D eigenvalue weighted by molar-refractivity contribution is -0.124. The predicted molar refractivity (Wildman–Crippen MR) is 115 cm³/mol. The Labute approximate surface area is 179 Å². The number of carbonyl (C=O) groups is 1. The van der Waals surface area contributed by atoms with Crippen LogP contribution in [0.2, 0.25) is 0 Å². The molecule has 3 N–H and O–H groups in total. The van der Waals surface area contributed by atoms with Gasteiger partial charge in [-0.15, -0.1) is 0 Å². The lowest BCUT2D eigenvalue weighted by Crippen LogP contribution is -2.36. The van der Waals surface area contributed by atoms with Crippen LogP contribution in [0.1, 0.15) is 18.5 Å². The summed E-state index contributed by atoms with van der Waals surface area (Å²) < 4.78 is 28.9. The van der Waals surface area contributed by atoms with E-state index < -0.39 is 27.5 Å². The van der Waals surface area contributed by atoms with Crippen LogP contribution in [0.4, 0.5) is 0 Å². The molecule has 0 aliphatic heterocycles. The van der Waals surface area contributed by atoms with Gasteiger partial charge in [0, 0.05) is 18.2 Å². The van der Waals surface area contributed by atoms with Gasteiger partial charge in [-0.05, 0) is 55.0 Å². The molecule has 162 valence electrons. The van der Waals surface area contributed by atoms with Crippen molar-refractivity contribution in [3.8, 4) is 17.0 Å². The van der Waals surface area contributed by atoms with E-state index in [4.69, 9.17) is 9.88 Å². The molecule has 10 heteroatoms. The van der Waals surface area contributed by atoms with E-state index in [9.17, 15) is 18.0 Å². The number of rotatable bonds is 7. The van der Waals surface area contributed by atoms with Gasteiger partial charge in [-0.25, -0.2) is 18.2 Å². The Morgan fingerprint density at radius 3 is 2.32 bits per heavy atom. The third-order valence-corrected chi connectivity index (χ3v) is 5.60. The number of nitrogens with one attached hydrogen (secondary N) is 1. The molecule has 3 rings (SSSR count). The highest BCUT2D eigenvalue weighted by atomic mass is 32.2. The molecule has 1 amide bonds. The van der Waals surface area contributed by atoms with Gasteiger partial charge in [0.15, 0.2) is 0 Å². The van der Waals surface area contributed by atoms with Crippen LogP contribution in [0, 0.1) is 0 Å². The van der Waals surface area contributed by atoms with Gasteiger partial charge >= 0.3 is 0 Å². The summed E-state index contributed by atoms with van der Waals surface area (Å²) in [4.78, 5) is 24.9. The van der Waals surface area contributed by atoms with E-state index in [2.05, 4.69) is 10.4 Å². The zero-order valence-electron chi connectivity index (χ0n) is 17.0. The Kier molecular flexibility index (Phi) is 6.52. The molecule has 1 heterocycles. The first-order valence-electron chi connectivity index (χ1n) is 9.33. The van der Waals surface area contributed by atoms with E-state index in [1.54, 1.807) is 44.4 Å². The number of amides is 1. The van der Waals surface area contributed by atoms with Crippen molar-refractivity contribution in [3.63, 3.8) is 0 Å². The highest BCUT2D eigenvalue weighted by Gasteiger charge is 2.18. The minimum Gasteiger partial charge on any atom is -0.497 e. The molecular formula is C21H22N4O5S. The highest BCUT2D eigenvalue weighted by molar-refractivity contribution is 7.89. The number of nitrogens with two attached hydrogens (primary N) is 1. The molecule has 0 fully saturated rings. The molecule has 9 nitrogen and oxygen atoms in total. The Balaban J connectivity index is 1.73.